The number of rotatable bonds is 8. The maximum absolute atomic E-state index is 12.1. The second kappa shape index (κ2) is 8.16. The number of hydrogen-bond acceptors (Lipinski definition) is 4. The SMILES string of the molecule is CCCCCCCC1=C(C(=O)OC)C(O)c2cc(OC)ccc21. The summed E-state index contributed by atoms with van der Waals surface area (Å²) < 4.78 is 10.1. The van der Waals surface area contributed by atoms with E-state index in [4.69, 9.17) is 9.47 Å². The average Bonchev–Trinajstić information content (AvgIpc) is 2.85. The summed E-state index contributed by atoms with van der Waals surface area (Å²) in [5.74, 6) is 0.229. The van der Waals surface area contributed by atoms with Crippen molar-refractivity contribution < 1.29 is 19.4 Å². The highest BCUT2D eigenvalue weighted by atomic mass is 16.5. The van der Waals surface area contributed by atoms with E-state index in [0.29, 0.717) is 11.3 Å². The maximum Gasteiger partial charge on any atom is 0.337 e. The van der Waals surface area contributed by atoms with Crippen molar-refractivity contribution in [1.82, 2.24) is 0 Å². The molecule has 4 nitrogen and oxygen atoms in total. The van der Waals surface area contributed by atoms with Gasteiger partial charge in [0, 0.05) is 0 Å². The van der Waals surface area contributed by atoms with Crippen LogP contribution in [0.1, 0.15) is 62.7 Å². The number of carbonyl (C=O) groups excluding carboxylic acids is 1. The van der Waals surface area contributed by atoms with Crippen LogP contribution in [0.15, 0.2) is 23.8 Å². The highest BCUT2D eigenvalue weighted by molar-refractivity contribution is 6.02. The van der Waals surface area contributed by atoms with Gasteiger partial charge in [-0.3, -0.25) is 0 Å². The van der Waals surface area contributed by atoms with Crippen molar-refractivity contribution in [3.8, 4) is 5.75 Å². The van der Waals surface area contributed by atoms with Crippen LogP contribution in [-0.4, -0.2) is 25.3 Å². The first-order valence-corrected chi connectivity index (χ1v) is 8.31. The Morgan fingerprint density at radius 1 is 1.17 bits per heavy atom. The van der Waals surface area contributed by atoms with Gasteiger partial charge in [0.05, 0.1) is 19.8 Å². The minimum Gasteiger partial charge on any atom is -0.497 e. The third kappa shape index (κ3) is 3.75. The molecule has 0 bridgehead atoms. The second-order valence-electron chi connectivity index (χ2n) is 5.90. The van der Waals surface area contributed by atoms with Gasteiger partial charge in [0.25, 0.3) is 0 Å². The quantitative estimate of drug-likeness (QED) is 0.581. The summed E-state index contributed by atoms with van der Waals surface area (Å²) in [6, 6.07) is 5.59. The average molecular weight is 318 g/mol. The highest BCUT2D eigenvalue weighted by Gasteiger charge is 2.34. The molecule has 1 aliphatic carbocycles. The Kier molecular flexibility index (Phi) is 6.22. The van der Waals surface area contributed by atoms with Crippen LogP contribution >= 0.6 is 0 Å². The first-order valence-electron chi connectivity index (χ1n) is 8.31. The van der Waals surface area contributed by atoms with Gasteiger partial charge in [-0.25, -0.2) is 4.79 Å². The number of hydrogen-bond donors (Lipinski definition) is 1. The van der Waals surface area contributed by atoms with Gasteiger partial charge in [0.15, 0.2) is 0 Å². The lowest BCUT2D eigenvalue weighted by Crippen LogP contribution is -2.10. The van der Waals surface area contributed by atoms with Crippen LogP contribution in [0.5, 0.6) is 5.75 Å². The van der Waals surface area contributed by atoms with Gasteiger partial charge < -0.3 is 14.6 Å². The molecule has 0 aliphatic heterocycles. The molecule has 4 heteroatoms. The lowest BCUT2D eigenvalue weighted by molar-refractivity contribution is -0.137. The number of ether oxygens (including phenoxy) is 2. The Labute approximate surface area is 138 Å². The number of allylic oxidation sites excluding steroid dienone is 1. The molecule has 0 saturated heterocycles. The smallest absolute Gasteiger partial charge is 0.337 e. The summed E-state index contributed by atoms with van der Waals surface area (Å²) in [6.07, 6.45) is 5.64. The van der Waals surface area contributed by atoms with Gasteiger partial charge in [-0.2, -0.15) is 0 Å². The van der Waals surface area contributed by atoms with E-state index < -0.39 is 12.1 Å². The fourth-order valence-corrected chi connectivity index (χ4v) is 3.15. The molecule has 1 aromatic rings. The zero-order chi connectivity index (χ0) is 16.8. The molecule has 1 N–H and O–H groups in total. The van der Waals surface area contributed by atoms with Gasteiger partial charge in [0.2, 0.25) is 0 Å². The molecule has 1 unspecified atom stereocenters. The Morgan fingerprint density at radius 2 is 1.91 bits per heavy atom. The van der Waals surface area contributed by atoms with Crippen molar-refractivity contribution in [2.75, 3.05) is 14.2 Å². The summed E-state index contributed by atoms with van der Waals surface area (Å²) in [4.78, 5) is 12.1. The second-order valence-corrected chi connectivity index (χ2v) is 5.90. The van der Waals surface area contributed by atoms with E-state index in [9.17, 15) is 9.90 Å². The van der Waals surface area contributed by atoms with Crippen LogP contribution in [0, 0.1) is 0 Å². The largest absolute Gasteiger partial charge is 0.497 e. The normalized spacial score (nSPS) is 16.4. The first kappa shape index (κ1) is 17.5. The topological polar surface area (TPSA) is 55.8 Å². The summed E-state index contributed by atoms with van der Waals surface area (Å²) in [5, 5.41) is 10.6. The van der Waals surface area contributed by atoms with Crippen molar-refractivity contribution in [2.24, 2.45) is 0 Å². The van der Waals surface area contributed by atoms with E-state index in [2.05, 4.69) is 6.92 Å². The van der Waals surface area contributed by atoms with Gasteiger partial charge in [0.1, 0.15) is 11.9 Å². The molecule has 0 amide bonds. The summed E-state index contributed by atoms with van der Waals surface area (Å²) in [6.45, 7) is 2.19. The monoisotopic (exact) mass is 318 g/mol. The Bertz CT molecular complexity index is 589. The Morgan fingerprint density at radius 3 is 2.57 bits per heavy atom. The number of fused-ring (bicyclic) bond motifs is 1. The minimum atomic E-state index is -0.932. The fourth-order valence-electron chi connectivity index (χ4n) is 3.15. The van der Waals surface area contributed by atoms with E-state index in [-0.39, 0.29) is 0 Å². The Balaban J connectivity index is 2.25. The molecule has 0 fully saturated rings. The molecule has 1 aliphatic rings. The predicted octanol–water partition coefficient (Wildman–Crippen LogP) is 4.03. The zero-order valence-corrected chi connectivity index (χ0v) is 14.2. The number of carbonyl (C=O) groups is 1. The van der Waals surface area contributed by atoms with E-state index in [0.717, 1.165) is 36.0 Å². The van der Waals surface area contributed by atoms with Crippen LogP contribution in [-0.2, 0) is 9.53 Å². The standard InChI is InChI=1S/C19H26O4/c1-4-5-6-7-8-9-15-14-11-10-13(22-2)12-16(14)18(20)17(15)19(21)23-3/h10-12,18,20H,4-9H2,1-3H3. The Hall–Kier alpha value is -1.81. The first-order chi connectivity index (χ1) is 11.1. The van der Waals surface area contributed by atoms with Crippen molar-refractivity contribution in [3.63, 3.8) is 0 Å². The summed E-state index contributed by atoms with van der Waals surface area (Å²) in [7, 11) is 2.94. The summed E-state index contributed by atoms with van der Waals surface area (Å²) in [5.41, 5.74) is 2.97. The van der Waals surface area contributed by atoms with Gasteiger partial charge in [-0.15, -0.1) is 0 Å². The number of aliphatic hydroxyl groups is 1. The molecule has 0 heterocycles. The molecule has 0 saturated carbocycles. The van der Waals surface area contributed by atoms with Crippen LogP contribution in [0.2, 0.25) is 0 Å². The molecule has 1 aromatic carbocycles. The minimum absolute atomic E-state index is 0.381. The van der Waals surface area contributed by atoms with Crippen LogP contribution < -0.4 is 4.74 Å². The van der Waals surface area contributed by atoms with Crippen molar-refractivity contribution in [1.29, 1.82) is 0 Å². The van der Waals surface area contributed by atoms with E-state index >= 15 is 0 Å². The summed E-state index contributed by atoms with van der Waals surface area (Å²) >= 11 is 0. The molecular weight excluding hydrogens is 292 g/mol. The van der Waals surface area contributed by atoms with Gasteiger partial charge in [-0.1, -0.05) is 38.7 Å². The van der Waals surface area contributed by atoms with Gasteiger partial charge in [-0.05, 0) is 41.7 Å². The van der Waals surface area contributed by atoms with Crippen LogP contribution in [0.3, 0.4) is 0 Å². The number of esters is 1. The lowest BCUT2D eigenvalue weighted by Gasteiger charge is -2.09. The van der Waals surface area contributed by atoms with E-state index in [1.54, 1.807) is 13.2 Å². The molecule has 2 rings (SSSR count). The predicted molar refractivity (Wildman–Crippen MR) is 90.3 cm³/mol. The number of unbranched alkanes of at least 4 members (excludes halogenated alkanes) is 4. The molecule has 23 heavy (non-hydrogen) atoms. The highest BCUT2D eigenvalue weighted by Crippen LogP contribution is 2.44. The third-order valence-electron chi connectivity index (χ3n) is 4.41. The van der Waals surface area contributed by atoms with Crippen molar-refractivity contribution >= 4 is 11.5 Å². The van der Waals surface area contributed by atoms with Crippen molar-refractivity contribution in [2.45, 2.75) is 51.6 Å². The van der Waals surface area contributed by atoms with E-state index in [1.807, 2.05) is 12.1 Å². The van der Waals surface area contributed by atoms with E-state index in [1.165, 1.54) is 26.4 Å². The van der Waals surface area contributed by atoms with Gasteiger partial charge >= 0.3 is 5.97 Å². The van der Waals surface area contributed by atoms with Crippen LogP contribution in [0.25, 0.3) is 5.57 Å². The lowest BCUT2D eigenvalue weighted by atomic mass is 9.98. The maximum atomic E-state index is 12.1. The molecule has 126 valence electrons. The third-order valence-corrected chi connectivity index (χ3v) is 4.41. The number of methoxy groups -OCH3 is 2. The zero-order valence-electron chi connectivity index (χ0n) is 14.2. The molecule has 0 aromatic heterocycles. The molecule has 0 radical (unpaired) electrons. The molecular formula is C19H26O4. The molecule has 1 atom stereocenters. The fraction of sp³-hybridized carbons (Fsp3) is 0.526. The van der Waals surface area contributed by atoms with Crippen molar-refractivity contribution in [3.05, 3.63) is 34.9 Å². The van der Waals surface area contributed by atoms with Crippen LogP contribution in [0.4, 0.5) is 0 Å². The molecule has 0 spiro atoms. The number of benzene rings is 1. The number of aliphatic hydroxyl groups excluding tert-OH is 1.